The zero-order chi connectivity index (χ0) is 23.2. The Bertz CT molecular complexity index is 1170. The van der Waals surface area contributed by atoms with Crippen molar-refractivity contribution in [3.63, 3.8) is 0 Å². The van der Waals surface area contributed by atoms with Crippen LogP contribution < -0.4 is 15.6 Å². The summed E-state index contributed by atoms with van der Waals surface area (Å²) >= 11 is 12.0. The first-order valence-corrected chi connectivity index (χ1v) is 10.6. The van der Waals surface area contributed by atoms with Gasteiger partial charge in [0, 0.05) is 30.9 Å². The molecule has 0 atom stereocenters. The molecule has 0 saturated carbocycles. The Morgan fingerprint density at radius 2 is 1.76 bits per heavy atom. The number of non-ortho nitro benzene ring substituents is 1. The maximum absolute atomic E-state index is 10.9. The third-order valence-corrected chi connectivity index (χ3v) is 5.31. The van der Waals surface area contributed by atoms with E-state index in [1.807, 2.05) is 4.90 Å². The average molecular weight is 489 g/mol. The van der Waals surface area contributed by atoms with Crippen LogP contribution in [0.5, 0.6) is 0 Å². The Hall–Kier alpha value is -3.54. The molecule has 1 aliphatic heterocycles. The van der Waals surface area contributed by atoms with Crippen molar-refractivity contribution in [1.29, 1.82) is 0 Å². The van der Waals surface area contributed by atoms with E-state index in [0.29, 0.717) is 48.0 Å². The fourth-order valence-electron chi connectivity index (χ4n) is 2.93. The van der Waals surface area contributed by atoms with Crippen LogP contribution in [0.15, 0.2) is 47.6 Å². The normalized spacial score (nSPS) is 13.8. The molecule has 2 N–H and O–H groups in total. The van der Waals surface area contributed by atoms with Gasteiger partial charge >= 0.3 is 0 Å². The molecule has 0 amide bonds. The Balaban J connectivity index is 1.56. The van der Waals surface area contributed by atoms with Crippen LogP contribution in [0, 0.1) is 10.1 Å². The molecule has 1 aromatic heterocycles. The quantitative estimate of drug-likeness (QED) is 0.286. The van der Waals surface area contributed by atoms with Gasteiger partial charge in [-0.05, 0) is 29.8 Å². The lowest BCUT2D eigenvalue weighted by atomic mass is 10.2. The Labute approximate surface area is 198 Å². The van der Waals surface area contributed by atoms with Gasteiger partial charge in [-0.2, -0.15) is 20.1 Å². The van der Waals surface area contributed by atoms with Crippen molar-refractivity contribution in [2.75, 3.05) is 41.9 Å². The first kappa shape index (κ1) is 22.6. The maximum atomic E-state index is 10.9. The second kappa shape index (κ2) is 10.4. The minimum absolute atomic E-state index is 0.0100. The molecular formula is C20H18Cl2N8O3. The second-order valence-electron chi connectivity index (χ2n) is 6.85. The van der Waals surface area contributed by atoms with Crippen molar-refractivity contribution >= 4 is 58.6 Å². The highest BCUT2D eigenvalue weighted by molar-refractivity contribution is 6.42. The molecule has 2 aromatic carbocycles. The number of nitrogens with one attached hydrogen (secondary N) is 2. The lowest BCUT2D eigenvalue weighted by molar-refractivity contribution is -0.384. The van der Waals surface area contributed by atoms with Crippen LogP contribution in [0.25, 0.3) is 0 Å². The third kappa shape index (κ3) is 6.04. The van der Waals surface area contributed by atoms with Crippen molar-refractivity contribution < 1.29 is 9.66 Å². The SMILES string of the molecule is O=[N+]([O-])c1ccc(Nc2nc(N/N=C\c3ccc(Cl)c(Cl)c3)nc(N3CCOCC3)n2)cc1. The molecule has 11 nitrogen and oxygen atoms in total. The molecule has 2 heterocycles. The maximum Gasteiger partial charge on any atom is 0.269 e. The van der Waals surface area contributed by atoms with Crippen molar-refractivity contribution in [2.24, 2.45) is 5.10 Å². The van der Waals surface area contributed by atoms with Crippen LogP contribution in [0.3, 0.4) is 0 Å². The van der Waals surface area contributed by atoms with Gasteiger partial charge in [-0.25, -0.2) is 5.43 Å². The van der Waals surface area contributed by atoms with E-state index in [4.69, 9.17) is 27.9 Å². The lowest BCUT2D eigenvalue weighted by Crippen LogP contribution is -2.37. The molecule has 13 heteroatoms. The number of anilines is 4. The molecule has 0 aliphatic carbocycles. The van der Waals surface area contributed by atoms with E-state index in [0.717, 1.165) is 5.56 Å². The van der Waals surface area contributed by atoms with Gasteiger partial charge in [0.05, 0.1) is 34.4 Å². The molecule has 0 bridgehead atoms. The van der Waals surface area contributed by atoms with Crippen molar-refractivity contribution in [3.8, 4) is 0 Å². The van der Waals surface area contributed by atoms with E-state index >= 15 is 0 Å². The van der Waals surface area contributed by atoms with Crippen LogP contribution in [-0.2, 0) is 4.74 Å². The molecule has 1 saturated heterocycles. The Kier molecular flexibility index (Phi) is 7.13. The van der Waals surface area contributed by atoms with Crippen molar-refractivity contribution in [3.05, 3.63) is 68.2 Å². The van der Waals surface area contributed by atoms with E-state index in [1.165, 1.54) is 12.1 Å². The van der Waals surface area contributed by atoms with Gasteiger partial charge in [-0.3, -0.25) is 10.1 Å². The largest absolute Gasteiger partial charge is 0.378 e. The predicted molar refractivity (Wildman–Crippen MR) is 127 cm³/mol. The van der Waals surface area contributed by atoms with Crippen LogP contribution in [0.2, 0.25) is 10.0 Å². The highest BCUT2D eigenvalue weighted by Gasteiger charge is 2.17. The van der Waals surface area contributed by atoms with Gasteiger partial charge in [-0.1, -0.05) is 29.3 Å². The van der Waals surface area contributed by atoms with Crippen LogP contribution >= 0.6 is 23.2 Å². The van der Waals surface area contributed by atoms with Gasteiger partial charge < -0.3 is 15.0 Å². The molecular weight excluding hydrogens is 471 g/mol. The van der Waals surface area contributed by atoms with Gasteiger partial charge in [0.25, 0.3) is 5.69 Å². The van der Waals surface area contributed by atoms with E-state index in [1.54, 1.807) is 36.5 Å². The number of nitro benzene ring substituents is 1. The smallest absolute Gasteiger partial charge is 0.269 e. The first-order valence-electron chi connectivity index (χ1n) is 9.82. The second-order valence-corrected chi connectivity index (χ2v) is 7.67. The molecule has 170 valence electrons. The number of rotatable bonds is 7. The molecule has 4 rings (SSSR count). The van der Waals surface area contributed by atoms with Crippen molar-refractivity contribution in [2.45, 2.75) is 0 Å². The summed E-state index contributed by atoms with van der Waals surface area (Å²) in [5.41, 5.74) is 4.12. The fourth-order valence-corrected chi connectivity index (χ4v) is 3.23. The molecule has 33 heavy (non-hydrogen) atoms. The summed E-state index contributed by atoms with van der Waals surface area (Å²) in [7, 11) is 0. The van der Waals surface area contributed by atoms with E-state index < -0.39 is 4.92 Å². The Morgan fingerprint density at radius 1 is 1.03 bits per heavy atom. The summed E-state index contributed by atoms with van der Waals surface area (Å²) in [4.78, 5) is 25.7. The van der Waals surface area contributed by atoms with Gasteiger partial charge in [-0.15, -0.1) is 0 Å². The van der Waals surface area contributed by atoms with Gasteiger partial charge in [0.15, 0.2) is 0 Å². The fraction of sp³-hybridized carbons (Fsp3) is 0.200. The highest BCUT2D eigenvalue weighted by Crippen LogP contribution is 2.23. The topological polar surface area (TPSA) is 131 Å². The average Bonchev–Trinajstić information content (AvgIpc) is 2.82. The van der Waals surface area contributed by atoms with Crippen LogP contribution in [-0.4, -0.2) is 52.4 Å². The summed E-state index contributed by atoms with van der Waals surface area (Å²) in [5, 5.41) is 19.0. The predicted octanol–water partition coefficient (Wildman–Crippen LogP) is 4.11. The van der Waals surface area contributed by atoms with E-state index in [9.17, 15) is 10.1 Å². The zero-order valence-electron chi connectivity index (χ0n) is 17.1. The van der Waals surface area contributed by atoms with Gasteiger partial charge in [0.2, 0.25) is 17.8 Å². The van der Waals surface area contributed by atoms with Crippen LogP contribution in [0.4, 0.5) is 29.2 Å². The number of aromatic nitrogens is 3. The molecule has 1 aliphatic rings. The summed E-state index contributed by atoms with van der Waals surface area (Å²) in [6.07, 6.45) is 1.56. The number of nitro groups is 1. The minimum atomic E-state index is -0.461. The molecule has 0 radical (unpaired) electrons. The number of halogens is 2. The number of morpholine rings is 1. The molecule has 1 fully saturated rings. The Morgan fingerprint density at radius 3 is 2.45 bits per heavy atom. The lowest BCUT2D eigenvalue weighted by Gasteiger charge is -2.27. The summed E-state index contributed by atoms with van der Waals surface area (Å²) < 4.78 is 5.40. The summed E-state index contributed by atoms with van der Waals surface area (Å²) in [6, 6.07) is 11.1. The third-order valence-electron chi connectivity index (χ3n) is 4.57. The number of benzene rings is 2. The standard InChI is InChI=1S/C20H18Cl2N8O3/c21-16-6-1-13(11-17(16)22)12-23-28-19-25-18(24-14-2-4-15(5-3-14)30(31)32)26-20(27-19)29-7-9-33-10-8-29/h1-6,11-12H,7-10H2,(H2,24,25,26,27,28)/b23-12-. The molecule has 0 unspecified atom stereocenters. The molecule has 3 aromatic rings. The highest BCUT2D eigenvalue weighted by atomic mass is 35.5. The van der Waals surface area contributed by atoms with Crippen molar-refractivity contribution in [1.82, 2.24) is 15.0 Å². The number of hydrogen-bond donors (Lipinski definition) is 2. The number of ether oxygens (including phenoxy) is 1. The van der Waals surface area contributed by atoms with Crippen LogP contribution in [0.1, 0.15) is 5.56 Å². The monoisotopic (exact) mass is 488 g/mol. The number of hydrogen-bond acceptors (Lipinski definition) is 10. The number of hydrazone groups is 1. The van der Waals surface area contributed by atoms with E-state index in [2.05, 4.69) is 30.8 Å². The summed E-state index contributed by atoms with van der Waals surface area (Å²) in [5.74, 6) is 0.921. The zero-order valence-corrected chi connectivity index (χ0v) is 18.6. The summed E-state index contributed by atoms with van der Waals surface area (Å²) in [6.45, 7) is 2.39. The molecule has 0 spiro atoms. The minimum Gasteiger partial charge on any atom is -0.378 e. The van der Waals surface area contributed by atoms with Gasteiger partial charge in [0.1, 0.15) is 0 Å². The first-order chi connectivity index (χ1) is 16.0. The van der Waals surface area contributed by atoms with E-state index in [-0.39, 0.29) is 17.6 Å². The number of nitrogens with zero attached hydrogens (tertiary/aromatic N) is 6.